The summed E-state index contributed by atoms with van der Waals surface area (Å²) in [5, 5.41) is 6.36. The predicted octanol–water partition coefficient (Wildman–Crippen LogP) is 1.84. The van der Waals surface area contributed by atoms with E-state index in [1.807, 2.05) is 0 Å². The number of amides is 1. The number of fused-ring (bicyclic) bond motifs is 1. The SMILES string of the molecule is O=C(NC1C2CNCC21)c1ccc(-c2cccc(F)c2)nc1. The normalized spacial score (nSPS) is 25.6. The molecule has 5 heteroatoms. The minimum Gasteiger partial charge on any atom is -0.349 e. The number of rotatable bonds is 3. The van der Waals surface area contributed by atoms with Crippen molar-refractivity contribution in [3.05, 3.63) is 54.0 Å². The van der Waals surface area contributed by atoms with Crippen LogP contribution in [-0.4, -0.2) is 30.0 Å². The molecule has 1 aliphatic carbocycles. The van der Waals surface area contributed by atoms with E-state index in [1.54, 1.807) is 30.5 Å². The Morgan fingerprint density at radius 2 is 2.05 bits per heavy atom. The molecule has 1 saturated heterocycles. The number of hydrogen-bond acceptors (Lipinski definition) is 3. The summed E-state index contributed by atoms with van der Waals surface area (Å²) in [5.74, 6) is 0.791. The maximum absolute atomic E-state index is 13.2. The molecule has 1 aliphatic heterocycles. The van der Waals surface area contributed by atoms with Crippen LogP contribution in [0.4, 0.5) is 4.39 Å². The number of hydrogen-bond donors (Lipinski definition) is 2. The lowest BCUT2D eigenvalue weighted by Crippen LogP contribution is -2.32. The van der Waals surface area contributed by atoms with Crippen molar-refractivity contribution in [3.63, 3.8) is 0 Å². The van der Waals surface area contributed by atoms with Crippen LogP contribution in [0, 0.1) is 17.7 Å². The summed E-state index contributed by atoms with van der Waals surface area (Å²) in [7, 11) is 0. The quantitative estimate of drug-likeness (QED) is 0.909. The molecule has 1 aromatic carbocycles. The lowest BCUT2D eigenvalue weighted by molar-refractivity contribution is 0.0946. The Balaban J connectivity index is 1.46. The van der Waals surface area contributed by atoms with Gasteiger partial charge < -0.3 is 10.6 Å². The number of piperidine rings is 1. The van der Waals surface area contributed by atoms with Crippen LogP contribution in [0.1, 0.15) is 10.4 Å². The average molecular weight is 297 g/mol. The van der Waals surface area contributed by atoms with Gasteiger partial charge in [-0.25, -0.2) is 4.39 Å². The zero-order chi connectivity index (χ0) is 15.1. The highest BCUT2D eigenvalue weighted by molar-refractivity contribution is 5.94. The van der Waals surface area contributed by atoms with Crippen molar-refractivity contribution in [1.29, 1.82) is 0 Å². The lowest BCUT2D eigenvalue weighted by Gasteiger charge is -2.08. The number of carbonyl (C=O) groups excluding carboxylic acids is 1. The highest BCUT2D eigenvalue weighted by Crippen LogP contribution is 2.41. The van der Waals surface area contributed by atoms with Crippen molar-refractivity contribution in [1.82, 2.24) is 15.6 Å². The Hall–Kier alpha value is -2.27. The van der Waals surface area contributed by atoms with E-state index in [4.69, 9.17) is 0 Å². The summed E-state index contributed by atoms with van der Waals surface area (Å²) in [6.07, 6.45) is 1.55. The van der Waals surface area contributed by atoms with Gasteiger partial charge in [-0.05, 0) is 36.1 Å². The molecule has 1 saturated carbocycles. The van der Waals surface area contributed by atoms with Gasteiger partial charge in [0.15, 0.2) is 0 Å². The first-order valence-corrected chi connectivity index (χ1v) is 7.46. The highest BCUT2D eigenvalue weighted by atomic mass is 19.1. The fourth-order valence-corrected chi connectivity index (χ4v) is 3.21. The lowest BCUT2D eigenvalue weighted by atomic mass is 10.1. The minimum absolute atomic E-state index is 0.0855. The largest absolute Gasteiger partial charge is 0.349 e. The molecular weight excluding hydrogens is 281 g/mol. The predicted molar refractivity (Wildman–Crippen MR) is 80.7 cm³/mol. The van der Waals surface area contributed by atoms with E-state index in [1.165, 1.54) is 12.1 Å². The minimum atomic E-state index is -0.296. The smallest absolute Gasteiger partial charge is 0.253 e. The van der Waals surface area contributed by atoms with Crippen LogP contribution in [0.15, 0.2) is 42.6 Å². The molecule has 2 aromatic rings. The summed E-state index contributed by atoms with van der Waals surface area (Å²) < 4.78 is 13.2. The van der Waals surface area contributed by atoms with Crippen molar-refractivity contribution < 1.29 is 9.18 Å². The van der Waals surface area contributed by atoms with Gasteiger partial charge in [0, 0.05) is 30.9 Å². The number of aromatic nitrogens is 1. The van der Waals surface area contributed by atoms with Gasteiger partial charge >= 0.3 is 0 Å². The first-order valence-electron chi connectivity index (χ1n) is 7.46. The van der Waals surface area contributed by atoms with Gasteiger partial charge in [0.2, 0.25) is 0 Å². The second-order valence-corrected chi connectivity index (χ2v) is 5.93. The third-order valence-electron chi connectivity index (χ3n) is 4.54. The Labute approximate surface area is 127 Å². The van der Waals surface area contributed by atoms with Crippen LogP contribution < -0.4 is 10.6 Å². The Morgan fingerprint density at radius 1 is 1.23 bits per heavy atom. The third kappa shape index (κ3) is 2.37. The van der Waals surface area contributed by atoms with Gasteiger partial charge in [0.05, 0.1) is 11.3 Å². The molecule has 1 aromatic heterocycles. The molecule has 4 nitrogen and oxygen atoms in total. The third-order valence-corrected chi connectivity index (χ3v) is 4.54. The number of halogens is 1. The molecule has 22 heavy (non-hydrogen) atoms. The molecule has 1 amide bonds. The Kier molecular flexibility index (Phi) is 3.15. The van der Waals surface area contributed by atoms with E-state index in [2.05, 4.69) is 15.6 Å². The number of carbonyl (C=O) groups is 1. The molecule has 2 fully saturated rings. The molecule has 0 bridgehead atoms. The van der Waals surface area contributed by atoms with Crippen molar-refractivity contribution in [2.24, 2.45) is 11.8 Å². The Morgan fingerprint density at radius 3 is 2.73 bits per heavy atom. The summed E-state index contributed by atoms with van der Waals surface area (Å²) in [6, 6.07) is 10.1. The van der Waals surface area contributed by atoms with Crippen LogP contribution in [0.2, 0.25) is 0 Å². The zero-order valence-corrected chi connectivity index (χ0v) is 11.9. The first-order chi connectivity index (χ1) is 10.7. The van der Waals surface area contributed by atoms with Gasteiger partial charge in [0.25, 0.3) is 5.91 Å². The van der Waals surface area contributed by atoms with E-state index in [9.17, 15) is 9.18 Å². The standard InChI is InChI=1S/C17H16FN3O/c18-12-3-1-2-10(6-12)15-5-4-11(7-20-15)17(22)21-16-13-8-19-9-14(13)16/h1-7,13-14,16,19H,8-9H2,(H,21,22). The molecular formula is C17H16FN3O. The molecule has 0 radical (unpaired) electrons. The fourth-order valence-electron chi connectivity index (χ4n) is 3.21. The van der Waals surface area contributed by atoms with Crippen LogP contribution in [-0.2, 0) is 0 Å². The zero-order valence-electron chi connectivity index (χ0n) is 11.9. The van der Waals surface area contributed by atoms with Gasteiger partial charge in [-0.1, -0.05) is 12.1 Å². The molecule has 0 spiro atoms. The molecule has 2 heterocycles. The van der Waals surface area contributed by atoms with Crippen molar-refractivity contribution in [2.75, 3.05) is 13.1 Å². The fraction of sp³-hybridized carbons (Fsp3) is 0.294. The van der Waals surface area contributed by atoms with E-state index < -0.39 is 0 Å². The van der Waals surface area contributed by atoms with Crippen molar-refractivity contribution >= 4 is 5.91 Å². The van der Waals surface area contributed by atoms with Gasteiger partial charge in [0.1, 0.15) is 5.82 Å². The molecule has 2 N–H and O–H groups in total. The second-order valence-electron chi connectivity index (χ2n) is 5.93. The van der Waals surface area contributed by atoms with Crippen LogP contribution in [0.5, 0.6) is 0 Å². The summed E-state index contributed by atoms with van der Waals surface area (Å²) in [4.78, 5) is 16.5. The van der Waals surface area contributed by atoms with Gasteiger partial charge in [-0.15, -0.1) is 0 Å². The number of nitrogens with zero attached hydrogens (tertiary/aromatic N) is 1. The first kappa shape index (κ1) is 13.4. The van der Waals surface area contributed by atoms with Gasteiger partial charge in [-0.2, -0.15) is 0 Å². The number of benzene rings is 1. The summed E-state index contributed by atoms with van der Waals surface area (Å²) in [6.45, 7) is 1.98. The maximum Gasteiger partial charge on any atom is 0.253 e. The van der Waals surface area contributed by atoms with Crippen LogP contribution in [0.25, 0.3) is 11.3 Å². The van der Waals surface area contributed by atoms with Crippen LogP contribution in [0.3, 0.4) is 0 Å². The van der Waals surface area contributed by atoms with E-state index >= 15 is 0 Å². The molecule has 4 rings (SSSR count). The van der Waals surface area contributed by atoms with E-state index in [0.29, 0.717) is 34.7 Å². The Bertz CT molecular complexity index is 706. The molecule has 112 valence electrons. The second kappa shape index (κ2) is 5.18. The monoisotopic (exact) mass is 297 g/mol. The molecule has 2 aliphatic rings. The summed E-state index contributed by atoms with van der Waals surface area (Å²) >= 11 is 0. The van der Waals surface area contributed by atoms with E-state index in [0.717, 1.165) is 13.1 Å². The van der Waals surface area contributed by atoms with E-state index in [-0.39, 0.29) is 11.7 Å². The highest BCUT2D eigenvalue weighted by Gasteiger charge is 2.53. The van der Waals surface area contributed by atoms with Gasteiger partial charge in [-0.3, -0.25) is 9.78 Å². The number of nitrogens with one attached hydrogen (secondary N) is 2. The van der Waals surface area contributed by atoms with Crippen molar-refractivity contribution in [2.45, 2.75) is 6.04 Å². The molecule has 2 atom stereocenters. The summed E-state index contributed by atoms with van der Waals surface area (Å²) in [5.41, 5.74) is 1.90. The van der Waals surface area contributed by atoms with Crippen LogP contribution >= 0.6 is 0 Å². The number of pyridine rings is 1. The van der Waals surface area contributed by atoms with Crippen molar-refractivity contribution in [3.8, 4) is 11.3 Å². The average Bonchev–Trinajstić information content (AvgIpc) is 2.97. The maximum atomic E-state index is 13.2. The molecule has 2 unspecified atom stereocenters. The topological polar surface area (TPSA) is 54.0 Å².